The van der Waals surface area contributed by atoms with Gasteiger partial charge in [0.2, 0.25) is 0 Å². The summed E-state index contributed by atoms with van der Waals surface area (Å²) in [6.45, 7) is 6.34. The number of hydrogen-bond donors (Lipinski definition) is 0. The molecule has 0 aromatic rings. The highest BCUT2D eigenvalue weighted by molar-refractivity contribution is 5.71. The highest BCUT2D eigenvalue weighted by atomic mass is 16.6. The Morgan fingerprint density at radius 1 is 0.304 bits per heavy atom. The lowest BCUT2D eigenvalue weighted by molar-refractivity contribution is -0.167. The molecule has 0 aromatic carbocycles. The largest absolute Gasteiger partial charge is 0.462 e. The van der Waals surface area contributed by atoms with Crippen molar-refractivity contribution in [1.82, 2.24) is 0 Å². The summed E-state index contributed by atoms with van der Waals surface area (Å²) in [6, 6.07) is 0. The highest BCUT2D eigenvalue weighted by Crippen LogP contribution is 2.14. The molecular formula is C63H102O6. The summed E-state index contributed by atoms with van der Waals surface area (Å²) >= 11 is 0. The molecule has 0 amide bonds. The van der Waals surface area contributed by atoms with Crippen molar-refractivity contribution in [2.75, 3.05) is 13.2 Å². The van der Waals surface area contributed by atoms with E-state index in [-0.39, 0.29) is 31.1 Å². The lowest BCUT2D eigenvalue weighted by Gasteiger charge is -2.18. The van der Waals surface area contributed by atoms with Crippen LogP contribution in [0, 0.1) is 0 Å². The minimum atomic E-state index is -0.792. The predicted octanol–water partition coefficient (Wildman–Crippen LogP) is 18.9. The van der Waals surface area contributed by atoms with Crippen LogP contribution < -0.4 is 0 Å². The Kier molecular flexibility index (Phi) is 53.0. The second-order valence-corrected chi connectivity index (χ2v) is 18.1. The van der Waals surface area contributed by atoms with E-state index in [1.807, 2.05) is 0 Å². The van der Waals surface area contributed by atoms with Crippen molar-refractivity contribution < 1.29 is 28.6 Å². The zero-order chi connectivity index (χ0) is 50.0. The summed E-state index contributed by atoms with van der Waals surface area (Å²) in [5.41, 5.74) is 0. The predicted molar refractivity (Wildman–Crippen MR) is 297 cm³/mol. The van der Waals surface area contributed by atoms with Crippen LogP contribution in [-0.4, -0.2) is 37.2 Å². The first kappa shape index (κ1) is 64.8. The van der Waals surface area contributed by atoms with Gasteiger partial charge in [0.1, 0.15) is 13.2 Å². The quantitative estimate of drug-likeness (QED) is 0.0262. The fourth-order valence-electron chi connectivity index (χ4n) is 7.32. The van der Waals surface area contributed by atoms with Crippen molar-refractivity contribution in [3.63, 3.8) is 0 Å². The van der Waals surface area contributed by atoms with E-state index in [1.54, 1.807) is 0 Å². The Hall–Kier alpha value is -4.19. The van der Waals surface area contributed by atoms with Crippen molar-refractivity contribution in [3.05, 3.63) is 122 Å². The van der Waals surface area contributed by atoms with E-state index in [9.17, 15) is 14.4 Å². The number of ether oxygens (including phenoxy) is 3. The Morgan fingerprint density at radius 3 is 0.884 bits per heavy atom. The van der Waals surface area contributed by atoms with Gasteiger partial charge < -0.3 is 14.2 Å². The van der Waals surface area contributed by atoms with Gasteiger partial charge in [-0.1, -0.05) is 232 Å². The van der Waals surface area contributed by atoms with Gasteiger partial charge in [0, 0.05) is 19.3 Å². The van der Waals surface area contributed by atoms with Crippen LogP contribution in [0.3, 0.4) is 0 Å². The Balaban J connectivity index is 4.27. The average Bonchev–Trinajstić information content (AvgIpc) is 3.35. The lowest BCUT2D eigenvalue weighted by atomic mass is 10.1. The summed E-state index contributed by atoms with van der Waals surface area (Å²) in [6.07, 6.45) is 77.8. The van der Waals surface area contributed by atoms with Crippen molar-refractivity contribution in [1.29, 1.82) is 0 Å². The molecule has 390 valence electrons. The molecule has 0 rings (SSSR count). The monoisotopic (exact) mass is 955 g/mol. The van der Waals surface area contributed by atoms with Crippen molar-refractivity contribution in [3.8, 4) is 0 Å². The summed E-state index contributed by atoms with van der Waals surface area (Å²) in [5, 5.41) is 0. The van der Waals surface area contributed by atoms with Gasteiger partial charge in [-0.3, -0.25) is 14.4 Å². The van der Waals surface area contributed by atoms with E-state index in [0.29, 0.717) is 19.3 Å². The number of esters is 3. The molecule has 0 aromatic heterocycles. The Labute approximate surface area is 424 Å². The second-order valence-electron chi connectivity index (χ2n) is 18.1. The maximum absolute atomic E-state index is 12.8. The van der Waals surface area contributed by atoms with E-state index < -0.39 is 6.10 Å². The molecular weight excluding hydrogens is 853 g/mol. The number of allylic oxidation sites excluding steroid dienone is 20. The minimum Gasteiger partial charge on any atom is -0.462 e. The number of unbranched alkanes of at least 4 members (excludes halogenated alkanes) is 18. The molecule has 0 aliphatic heterocycles. The normalized spacial score (nSPS) is 13.0. The summed E-state index contributed by atoms with van der Waals surface area (Å²) < 4.78 is 16.7. The Bertz CT molecular complexity index is 1470. The van der Waals surface area contributed by atoms with Gasteiger partial charge in [0.05, 0.1) is 0 Å². The summed E-state index contributed by atoms with van der Waals surface area (Å²) in [5.74, 6) is -0.931. The van der Waals surface area contributed by atoms with E-state index in [4.69, 9.17) is 14.2 Å². The molecule has 0 radical (unpaired) electrons. The van der Waals surface area contributed by atoms with Crippen LogP contribution in [0.4, 0.5) is 0 Å². The van der Waals surface area contributed by atoms with E-state index in [0.717, 1.165) is 148 Å². The van der Waals surface area contributed by atoms with Crippen molar-refractivity contribution in [2.45, 2.75) is 245 Å². The first-order chi connectivity index (χ1) is 34.0. The standard InChI is InChI=1S/C63H102O6/c1-4-7-10-13-16-18-20-22-24-26-27-28-29-30-31-32-33-34-35-37-38-40-42-44-47-50-53-56-62(65)68-59-60(58-67-61(64)55-52-49-46-15-12-9-6-3)69-63(66)57-54-51-48-45-43-41-39-36-25-23-21-19-17-14-11-8-5-2/h7-8,10-11,16-19,22-25,27-28,30-31,33-34,37-38,60H,4-6,9,12-15,20-21,26,29,32,35-36,39-59H2,1-3H3/b10-7-,11-8-,18-16-,19-17-,24-22-,25-23-,28-27-,31-30-,34-33-,38-37-. The molecule has 0 aliphatic rings. The number of carbonyl (C=O) groups is 3. The fraction of sp³-hybridized carbons (Fsp3) is 0.635. The summed E-state index contributed by atoms with van der Waals surface area (Å²) in [4.78, 5) is 37.9. The molecule has 1 unspecified atom stereocenters. The maximum Gasteiger partial charge on any atom is 0.306 e. The molecule has 0 fully saturated rings. The first-order valence-electron chi connectivity index (χ1n) is 28.0. The average molecular weight is 956 g/mol. The van der Waals surface area contributed by atoms with Crippen LogP contribution in [0.1, 0.15) is 239 Å². The maximum atomic E-state index is 12.8. The molecule has 0 saturated carbocycles. The van der Waals surface area contributed by atoms with Gasteiger partial charge in [0.25, 0.3) is 0 Å². The zero-order valence-electron chi connectivity index (χ0n) is 44.5. The fourth-order valence-corrected chi connectivity index (χ4v) is 7.32. The molecule has 6 nitrogen and oxygen atoms in total. The van der Waals surface area contributed by atoms with Crippen LogP contribution in [-0.2, 0) is 28.6 Å². The van der Waals surface area contributed by atoms with Gasteiger partial charge in [-0.15, -0.1) is 0 Å². The Morgan fingerprint density at radius 2 is 0.565 bits per heavy atom. The van der Waals surface area contributed by atoms with E-state index in [1.165, 1.54) is 51.4 Å². The number of carbonyl (C=O) groups excluding carboxylic acids is 3. The van der Waals surface area contributed by atoms with Crippen LogP contribution in [0.5, 0.6) is 0 Å². The third-order valence-corrected chi connectivity index (χ3v) is 11.5. The number of rotatable bonds is 49. The zero-order valence-corrected chi connectivity index (χ0v) is 44.5. The van der Waals surface area contributed by atoms with Crippen LogP contribution >= 0.6 is 0 Å². The molecule has 1 atom stereocenters. The highest BCUT2D eigenvalue weighted by Gasteiger charge is 2.19. The molecule has 0 aliphatic carbocycles. The van der Waals surface area contributed by atoms with Crippen molar-refractivity contribution >= 4 is 17.9 Å². The van der Waals surface area contributed by atoms with Gasteiger partial charge in [0.15, 0.2) is 6.10 Å². The van der Waals surface area contributed by atoms with Gasteiger partial charge in [-0.2, -0.15) is 0 Å². The van der Waals surface area contributed by atoms with Gasteiger partial charge >= 0.3 is 17.9 Å². The summed E-state index contributed by atoms with van der Waals surface area (Å²) in [7, 11) is 0. The topological polar surface area (TPSA) is 78.9 Å². The third kappa shape index (κ3) is 54.6. The van der Waals surface area contributed by atoms with Crippen molar-refractivity contribution in [2.24, 2.45) is 0 Å². The molecule has 0 spiro atoms. The minimum absolute atomic E-state index is 0.0906. The molecule has 0 bridgehead atoms. The van der Waals surface area contributed by atoms with Crippen LogP contribution in [0.25, 0.3) is 0 Å². The molecule has 6 heteroatoms. The number of hydrogen-bond acceptors (Lipinski definition) is 6. The lowest BCUT2D eigenvalue weighted by Crippen LogP contribution is -2.30. The SMILES string of the molecule is CC/C=C\C/C=C\C/C=C\C/C=C\C/C=C\C/C=C\C/C=C\CCCCCCCC(=O)OCC(COC(=O)CCCCCCCCC)OC(=O)CCCCCCCCC/C=C\C/C=C\C/C=C\CC. The second kappa shape index (κ2) is 56.4. The van der Waals surface area contributed by atoms with E-state index >= 15 is 0 Å². The van der Waals surface area contributed by atoms with Gasteiger partial charge in [-0.05, 0) is 109 Å². The molecule has 69 heavy (non-hydrogen) atoms. The molecule has 0 N–H and O–H groups in total. The third-order valence-electron chi connectivity index (χ3n) is 11.5. The molecule has 0 heterocycles. The first-order valence-corrected chi connectivity index (χ1v) is 28.0. The molecule has 0 saturated heterocycles. The van der Waals surface area contributed by atoms with Gasteiger partial charge in [-0.25, -0.2) is 0 Å². The van der Waals surface area contributed by atoms with E-state index in [2.05, 4.69) is 142 Å². The van der Waals surface area contributed by atoms with Crippen LogP contribution in [0.2, 0.25) is 0 Å². The van der Waals surface area contributed by atoms with Crippen LogP contribution in [0.15, 0.2) is 122 Å². The smallest absolute Gasteiger partial charge is 0.306 e.